The van der Waals surface area contributed by atoms with Crippen molar-refractivity contribution in [2.24, 2.45) is 0 Å². The lowest BCUT2D eigenvalue weighted by molar-refractivity contribution is -0.122. The van der Waals surface area contributed by atoms with Crippen molar-refractivity contribution in [2.45, 2.75) is 51.1 Å². The van der Waals surface area contributed by atoms with E-state index >= 15 is 0 Å². The fourth-order valence-corrected chi connectivity index (χ4v) is 3.89. The van der Waals surface area contributed by atoms with Gasteiger partial charge in [0.15, 0.2) is 0 Å². The fraction of sp³-hybridized carbons (Fsp3) is 0.933. The van der Waals surface area contributed by atoms with Gasteiger partial charge in [0.2, 0.25) is 5.91 Å². The van der Waals surface area contributed by atoms with Crippen LogP contribution in [0.5, 0.6) is 0 Å². The number of likely N-dealkylation sites (tertiary alicyclic amines) is 1. The molecule has 4 nitrogen and oxygen atoms in total. The number of nitrogens with zero attached hydrogens (tertiary/aromatic N) is 1. The number of carbonyl (C=O) groups excluding carboxylic acids is 1. The van der Waals surface area contributed by atoms with E-state index < -0.39 is 0 Å². The van der Waals surface area contributed by atoms with Crippen LogP contribution in [0, 0.1) is 0 Å². The highest BCUT2D eigenvalue weighted by molar-refractivity contribution is 7.99. The maximum atomic E-state index is 12.1. The molecule has 2 fully saturated rings. The van der Waals surface area contributed by atoms with Gasteiger partial charge in [0.25, 0.3) is 0 Å². The Balaban J connectivity index is 0.00000220. The normalized spacial score (nSPS) is 23.2. The van der Waals surface area contributed by atoms with Gasteiger partial charge in [0, 0.05) is 49.6 Å². The van der Waals surface area contributed by atoms with Crippen molar-refractivity contribution in [1.29, 1.82) is 0 Å². The third-order valence-corrected chi connectivity index (χ3v) is 5.34. The third kappa shape index (κ3) is 8.25. The quantitative estimate of drug-likeness (QED) is 0.751. The zero-order valence-corrected chi connectivity index (χ0v) is 16.0. The van der Waals surface area contributed by atoms with E-state index in [1.807, 2.05) is 11.8 Å². The van der Waals surface area contributed by atoms with Crippen LogP contribution >= 0.6 is 36.6 Å². The summed E-state index contributed by atoms with van der Waals surface area (Å²) in [6, 6.07) is 0.773. The molecule has 0 saturated carbocycles. The predicted molar refractivity (Wildman–Crippen MR) is 101 cm³/mol. The summed E-state index contributed by atoms with van der Waals surface area (Å²) in [6.45, 7) is 6.79. The minimum Gasteiger partial charge on any atom is -0.353 e. The average Bonchev–Trinajstić information content (AvgIpc) is 2.47. The summed E-state index contributed by atoms with van der Waals surface area (Å²) in [5, 5.41) is 6.66. The summed E-state index contributed by atoms with van der Waals surface area (Å²) in [4.78, 5) is 14.6. The van der Waals surface area contributed by atoms with Gasteiger partial charge in [-0.1, -0.05) is 13.3 Å². The highest BCUT2D eigenvalue weighted by atomic mass is 35.5. The molecule has 0 aromatic carbocycles. The minimum absolute atomic E-state index is 0. The molecule has 2 rings (SSSR count). The third-order valence-electron chi connectivity index (χ3n) is 4.21. The molecule has 0 radical (unpaired) electrons. The van der Waals surface area contributed by atoms with Crippen LogP contribution < -0.4 is 10.6 Å². The van der Waals surface area contributed by atoms with Crippen molar-refractivity contribution in [3.05, 3.63) is 0 Å². The summed E-state index contributed by atoms with van der Waals surface area (Å²) >= 11 is 1.95. The summed E-state index contributed by atoms with van der Waals surface area (Å²) in [5.74, 6) is 2.48. The van der Waals surface area contributed by atoms with Crippen LogP contribution in [-0.2, 0) is 4.79 Å². The molecule has 2 aliphatic heterocycles. The van der Waals surface area contributed by atoms with E-state index in [-0.39, 0.29) is 30.7 Å². The Morgan fingerprint density at radius 1 is 1.32 bits per heavy atom. The lowest BCUT2D eigenvalue weighted by atomic mass is 10.0. The van der Waals surface area contributed by atoms with E-state index in [4.69, 9.17) is 0 Å². The first-order chi connectivity index (χ1) is 9.78. The second-order valence-electron chi connectivity index (χ2n) is 5.97. The number of rotatable bonds is 6. The maximum absolute atomic E-state index is 12.1. The minimum atomic E-state index is 0. The molecule has 0 aliphatic carbocycles. The molecule has 22 heavy (non-hydrogen) atoms. The summed E-state index contributed by atoms with van der Waals surface area (Å²) in [5.41, 5.74) is 0. The van der Waals surface area contributed by atoms with Crippen molar-refractivity contribution < 1.29 is 4.79 Å². The second-order valence-corrected chi connectivity index (χ2v) is 7.12. The summed E-state index contributed by atoms with van der Waals surface area (Å²) in [7, 11) is 0. The number of amides is 1. The molecule has 132 valence electrons. The van der Waals surface area contributed by atoms with E-state index in [9.17, 15) is 4.79 Å². The topological polar surface area (TPSA) is 44.4 Å². The summed E-state index contributed by atoms with van der Waals surface area (Å²) in [6.07, 6.45) is 5.43. The van der Waals surface area contributed by atoms with Gasteiger partial charge in [0.1, 0.15) is 0 Å². The number of thioether (sulfide) groups is 1. The van der Waals surface area contributed by atoms with E-state index in [1.54, 1.807) is 0 Å². The molecule has 2 heterocycles. The van der Waals surface area contributed by atoms with Gasteiger partial charge in [-0.15, -0.1) is 24.8 Å². The Hall–Kier alpha value is 0.320. The highest BCUT2D eigenvalue weighted by Gasteiger charge is 2.22. The monoisotopic (exact) mass is 371 g/mol. The number of hydrogen-bond donors (Lipinski definition) is 2. The van der Waals surface area contributed by atoms with Crippen molar-refractivity contribution in [1.82, 2.24) is 15.5 Å². The Morgan fingerprint density at radius 3 is 2.64 bits per heavy atom. The zero-order chi connectivity index (χ0) is 14.2. The van der Waals surface area contributed by atoms with E-state index in [0.717, 1.165) is 38.2 Å². The lowest BCUT2D eigenvalue weighted by Crippen LogP contribution is -2.47. The smallest absolute Gasteiger partial charge is 0.221 e. The second kappa shape index (κ2) is 12.7. The Labute approximate surface area is 151 Å². The van der Waals surface area contributed by atoms with E-state index in [2.05, 4.69) is 22.5 Å². The van der Waals surface area contributed by atoms with Crippen LogP contribution in [0.25, 0.3) is 0 Å². The molecule has 0 spiro atoms. The van der Waals surface area contributed by atoms with E-state index in [1.165, 1.54) is 25.1 Å². The Bertz CT molecular complexity index is 297. The van der Waals surface area contributed by atoms with Crippen LogP contribution in [0.4, 0.5) is 0 Å². The number of nitrogens with one attached hydrogen (secondary N) is 2. The van der Waals surface area contributed by atoms with Gasteiger partial charge in [-0.2, -0.15) is 11.8 Å². The van der Waals surface area contributed by atoms with Crippen LogP contribution in [0.2, 0.25) is 0 Å². The molecule has 2 N–H and O–H groups in total. The summed E-state index contributed by atoms with van der Waals surface area (Å²) < 4.78 is 0. The van der Waals surface area contributed by atoms with Crippen LogP contribution in [0.3, 0.4) is 0 Å². The number of halogens is 2. The van der Waals surface area contributed by atoms with Crippen molar-refractivity contribution in [3.63, 3.8) is 0 Å². The number of carbonyl (C=O) groups is 1. The molecule has 0 aromatic rings. The molecule has 2 saturated heterocycles. The highest BCUT2D eigenvalue weighted by Crippen LogP contribution is 2.13. The first kappa shape index (κ1) is 22.3. The predicted octanol–water partition coefficient (Wildman–Crippen LogP) is 2.31. The fourth-order valence-electron chi connectivity index (χ4n) is 2.94. The van der Waals surface area contributed by atoms with Gasteiger partial charge < -0.3 is 15.5 Å². The van der Waals surface area contributed by atoms with Crippen LogP contribution in [0.15, 0.2) is 0 Å². The van der Waals surface area contributed by atoms with Gasteiger partial charge in [-0.3, -0.25) is 4.79 Å². The SMILES string of the molecule is CCCCN1CCC(NC(=O)CC2CSCCN2)CC1.Cl.Cl. The number of piperidine rings is 1. The van der Waals surface area contributed by atoms with Gasteiger partial charge >= 0.3 is 0 Å². The van der Waals surface area contributed by atoms with Gasteiger partial charge in [0.05, 0.1) is 0 Å². The Kier molecular flexibility index (Phi) is 12.9. The average molecular weight is 372 g/mol. The molecule has 0 aromatic heterocycles. The van der Waals surface area contributed by atoms with E-state index in [0.29, 0.717) is 18.5 Å². The van der Waals surface area contributed by atoms with Gasteiger partial charge in [-0.25, -0.2) is 0 Å². The van der Waals surface area contributed by atoms with Gasteiger partial charge in [-0.05, 0) is 25.8 Å². The molecule has 1 unspecified atom stereocenters. The molecular formula is C15H31Cl2N3OS. The first-order valence-corrected chi connectivity index (χ1v) is 9.26. The van der Waals surface area contributed by atoms with Crippen LogP contribution in [-0.4, -0.2) is 60.6 Å². The molecule has 7 heteroatoms. The van der Waals surface area contributed by atoms with Crippen LogP contribution in [0.1, 0.15) is 39.0 Å². The molecule has 2 aliphatic rings. The van der Waals surface area contributed by atoms with Crippen molar-refractivity contribution in [2.75, 3.05) is 37.7 Å². The molecule has 0 bridgehead atoms. The maximum Gasteiger partial charge on any atom is 0.221 e. The molecule has 1 atom stereocenters. The zero-order valence-electron chi connectivity index (χ0n) is 13.5. The Morgan fingerprint density at radius 2 is 2.05 bits per heavy atom. The molecule has 1 amide bonds. The van der Waals surface area contributed by atoms with Crippen molar-refractivity contribution in [3.8, 4) is 0 Å². The van der Waals surface area contributed by atoms with Crippen molar-refractivity contribution >= 4 is 42.5 Å². The first-order valence-electron chi connectivity index (χ1n) is 8.10. The number of hydrogen-bond acceptors (Lipinski definition) is 4. The largest absolute Gasteiger partial charge is 0.353 e. The number of unbranched alkanes of at least 4 members (excludes halogenated alkanes) is 1. The lowest BCUT2D eigenvalue weighted by Gasteiger charge is -2.32. The standard InChI is InChI=1S/C15H29N3OS.2ClH/c1-2-3-7-18-8-4-13(5-9-18)17-15(19)11-14-12-20-10-6-16-14;;/h13-14,16H,2-12H2,1H3,(H,17,19);2*1H. The molecular weight excluding hydrogens is 341 g/mol.